The van der Waals surface area contributed by atoms with Gasteiger partial charge in [-0.2, -0.15) is 0 Å². The summed E-state index contributed by atoms with van der Waals surface area (Å²) in [6.45, 7) is 5.40. The van der Waals surface area contributed by atoms with Crippen LogP contribution in [0.2, 0.25) is 5.02 Å². The zero-order valence-electron chi connectivity index (χ0n) is 31.8. The van der Waals surface area contributed by atoms with E-state index < -0.39 is 26.8 Å². The van der Waals surface area contributed by atoms with Gasteiger partial charge in [0.1, 0.15) is 11.4 Å². The van der Waals surface area contributed by atoms with Crippen molar-refractivity contribution in [1.82, 2.24) is 9.71 Å². The van der Waals surface area contributed by atoms with Crippen LogP contribution in [0.15, 0.2) is 73.1 Å². The number of nitrogens with zero attached hydrogens (tertiary/aromatic N) is 2. The molecule has 306 valence electrons. The number of nitrogens with two attached hydrogens (primary N) is 1. The predicted octanol–water partition coefficient (Wildman–Crippen LogP) is 6.31. The maximum absolute atomic E-state index is 13.3. The van der Waals surface area contributed by atoms with E-state index in [1.807, 2.05) is 30.5 Å². The van der Waals surface area contributed by atoms with Gasteiger partial charge in [0.2, 0.25) is 10.0 Å². The Labute approximate surface area is 354 Å². The number of ether oxygens (including phenoxy) is 1. The highest BCUT2D eigenvalue weighted by Crippen LogP contribution is 2.48. The molecule has 1 spiro atoms. The Morgan fingerprint density at radius 2 is 1.95 bits per heavy atom. The normalized spacial score (nSPS) is 28.3. The first kappa shape index (κ1) is 45.8. The number of allylic oxidation sites excluding steroid dienone is 1. The molecule has 0 unspecified atom stereocenters. The second-order valence-electron chi connectivity index (χ2n) is 15.0. The number of carbonyl (C=O) groups is 2. The van der Waals surface area contributed by atoms with Crippen LogP contribution in [0.5, 0.6) is 5.75 Å². The number of amides is 1. The van der Waals surface area contributed by atoms with Crippen LogP contribution in [-0.4, -0.2) is 79.5 Å². The summed E-state index contributed by atoms with van der Waals surface area (Å²) in [6, 6.07) is 15.1. The van der Waals surface area contributed by atoms with Crippen molar-refractivity contribution in [2.75, 3.05) is 37.7 Å². The standard InChI is InChI=1S/C33H39ClN2O6S.C6H6BrN.C2H7NO.BrH/c1-21-5-3-14-33(39,19-37)28-10-7-25(28)17-36-18-32(13-4-6-23-15-26(34)9-11-27(23)32)20-42-30-12-8-24(16-29(30)36)31(38)35-43(40,41)22(21)2;7-4-6-2-1-3-8-5-6;3-1-2-4;/h3,8-9,11-12,14-16,19,21-22,25,28,39H,4-7,10,13,17-18,20H2,1-2H3,(H,35,38);1-3,5H,4H2;4H,1-3H2;1H/b14-3+;;;/t21-,22+,25-,28+,32-,33-;;;/m0.../s1. The minimum atomic E-state index is -4.00. The van der Waals surface area contributed by atoms with Crippen molar-refractivity contribution in [2.24, 2.45) is 23.5 Å². The third kappa shape index (κ3) is 10.6. The number of fused-ring (bicyclic) bond motifs is 4. The van der Waals surface area contributed by atoms with E-state index in [1.165, 1.54) is 22.8 Å². The third-order valence-corrected chi connectivity index (χ3v) is 14.2. The molecule has 2 aliphatic heterocycles. The summed E-state index contributed by atoms with van der Waals surface area (Å²) in [4.78, 5) is 31.8. The van der Waals surface area contributed by atoms with Gasteiger partial charge in [0, 0.05) is 59.3 Å². The Bertz CT molecular complexity index is 1940. The fourth-order valence-electron chi connectivity index (χ4n) is 7.91. The van der Waals surface area contributed by atoms with Crippen LogP contribution < -0.4 is 20.1 Å². The van der Waals surface area contributed by atoms with E-state index in [-0.39, 0.29) is 52.3 Å². The highest BCUT2D eigenvalue weighted by Gasteiger charge is 2.48. The molecule has 15 heteroatoms. The Hall–Kier alpha value is -2.85. The molecule has 0 saturated heterocycles. The molecule has 6 atom stereocenters. The summed E-state index contributed by atoms with van der Waals surface area (Å²) in [7, 11) is -4.00. The second kappa shape index (κ2) is 20.2. The number of pyridine rings is 1. The molecule has 1 saturated carbocycles. The van der Waals surface area contributed by atoms with Crippen LogP contribution in [0.25, 0.3) is 0 Å². The molecule has 1 aromatic heterocycles. The van der Waals surface area contributed by atoms with Crippen LogP contribution in [0.1, 0.15) is 73.0 Å². The van der Waals surface area contributed by atoms with Gasteiger partial charge in [-0.1, -0.05) is 52.7 Å². The average molecular weight is 941 g/mol. The van der Waals surface area contributed by atoms with Crippen molar-refractivity contribution in [3.63, 3.8) is 0 Å². The Balaban J connectivity index is 0.000000462. The fraction of sp³-hybridized carbons (Fsp3) is 0.488. The quantitative estimate of drug-likeness (QED) is 0.133. The molecular formula is C41H53Br2ClN4O7S. The summed E-state index contributed by atoms with van der Waals surface area (Å²) >= 11 is 9.69. The molecule has 0 radical (unpaired) electrons. The molecule has 3 heterocycles. The van der Waals surface area contributed by atoms with E-state index in [1.54, 1.807) is 44.3 Å². The van der Waals surface area contributed by atoms with Gasteiger partial charge >= 0.3 is 0 Å². The van der Waals surface area contributed by atoms with Gasteiger partial charge in [-0.15, -0.1) is 17.0 Å². The van der Waals surface area contributed by atoms with Gasteiger partial charge in [-0.05, 0) is 116 Å². The third-order valence-electron chi connectivity index (χ3n) is 11.4. The van der Waals surface area contributed by atoms with Crippen LogP contribution in [-0.2, 0) is 32.0 Å². The zero-order valence-corrected chi connectivity index (χ0v) is 36.7. The van der Waals surface area contributed by atoms with Crippen molar-refractivity contribution in [3.05, 3.63) is 100 Å². The summed E-state index contributed by atoms with van der Waals surface area (Å²) < 4.78 is 35.2. The molecule has 5 N–H and O–H groups in total. The molecule has 1 fully saturated rings. The highest BCUT2D eigenvalue weighted by atomic mass is 79.9. The molecule has 3 aromatic rings. The lowest BCUT2D eigenvalue weighted by Crippen LogP contribution is -2.53. The maximum Gasteiger partial charge on any atom is 0.264 e. The Morgan fingerprint density at radius 3 is 2.57 bits per heavy atom. The summed E-state index contributed by atoms with van der Waals surface area (Å²) in [5.41, 5.74) is 7.35. The lowest BCUT2D eigenvalue weighted by Gasteiger charge is -2.47. The number of aromatic nitrogens is 1. The van der Waals surface area contributed by atoms with Crippen molar-refractivity contribution < 1.29 is 33.0 Å². The highest BCUT2D eigenvalue weighted by molar-refractivity contribution is 9.08. The fourth-order valence-corrected chi connectivity index (χ4v) is 9.72. The van der Waals surface area contributed by atoms with Gasteiger partial charge in [0.25, 0.3) is 5.91 Å². The molecule has 2 bridgehead atoms. The van der Waals surface area contributed by atoms with Crippen LogP contribution >= 0.6 is 44.5 Å². The second-order valence-corrected chi connectivity index (χ2v) is 18.1. The van der Waals surface area contributed by atoms with Crippen molar-refractivity contribution >= 4 is 72.4 Å². The van der Waals surface area contributed by atoms with E-state index in [4.69, 9.17) is 27.2 Å². The first-order valence-electron chi connectivity index (χ1n) is 18.8. The summed E-state index contributed by atoms with van der Waals surface area (Å²) in [5.74, 6) is -0.681. The van der Waals surface area contributed by atoms with E-state index in [9.17, 15) is 23.1 Å². The number of aliphatic hydroxyl groups excluding tert-OH is 1. The summed E-state index contributed by atoms with van der Waals surface area (Å²) in [5, 5.41) is 20.0. The van der Waals surface area contributed by atoms with Gasteiger partial charge in [0.15, 0.2) is 6.29 Å². The lowest BCUT2D eigenvalue weighted by atomic mass is 9.64. The molecule has 2 aliphatic carbocycles. The number of alkyl halides is 1. The number of aliphatic hydroxyl groups is 2. The first-order chi connectivity index (χ1) is 26.3. The average Bonchev–Trinajstić information content (AvgIpc) is 3.32. The molecule has 7 rings (SSSR count). The number of benzene rings is 2. The van der Waals surface area contributed by atoms with Gasteiger partial charge in [0.05, 0.1) is 24.2 Å². The number of hydrogen-bond donors (Lipinski definition) is 4. The Kier molecular flexibility index (Phi) is 16.6. The van der Waals surface area contributed by atoms with E-state index >= 15 is 0 Å². The van der Waals surface area contributed by atoms with Gasteiger partial charge < -0.3 is 25.6 Å². The predicted molar refractivity (Wildman–Crippen MR) is 230 cm³/mol. The van der Waals surface area contributed by atoms with Crippen LogP contribution in [0.4, 0.5) is 5.69 Å². The van der Waals surface area contributed by atoms with Crippen LogP contribution in [0.3, 0.4) is 0 Å². The monoisotopic (exact) mass is 938 g/mol. The topological polar surface area (TPSA) is 172 Å². The van der Waals surface area contributed by atoms with E-state index in [0.717, 1.165) is 31.0 Å². The SMILES string of the molecule is Br.BrCc1cccnc1.C[C@@H]1[C@@H](C)C/C=C/[C@](O)(C=O)[C@@H]2CC[C@H]2CN2C[C@@]3(CCCc4cc(Cl)ccc43)COc3ccc(cc32)C(=O)NS1(=O)=O.NCCO. The zero-order chi connectivity index (χ0) is 39.8. The lowest BCUT2D eigenvalue weighted by molar-refractivity contribution is -0.130. The number of carbonyl (C=O) groups excluding carboxylic acids is 2. The number of anilines is 1. The smallest absolute Gasteiger partial charge is 0.264 e. The number of nitrogens with one attached hydrogen (secondary N) is 1. The molecule has 11 nitrogen and oxygen atoms in total. The molecule has 4 aliphatic rings. The number of aryl methyl sites for hydroxylation is 1. The summed E-state index contributed by atoms with van der Waals surface area (Å²) in [6.07, 6.45) is 12.2. The number of aldehydes is 1. The van der Waals surface area contributed by atoms with Crippen molar-refractivity contribution in [3.8, 4) is 5.75 Å². The van der Waals surface area contributed by atoms with Gasteiger partial charge in [-0.3, -0.25) is 14.6 Å². The molecule has 2 aromatic carbocycles. The number of halogens is 3. The van der Waals surface area contributed by atoms with Crippen LogP contribution in [0, 0.1) is 17.8 Å². The number of hydrogen-bond acceptors (Lipinski definition) is 10. The van der Waals surface area contributed by atoms with E-state index in [2.05, 4.69) is 36.6 Å². The molecular weight excluding hydrogens is 888 g/mol. The van der Waals surface area contributed by atoms with Crippen molar-refractivity contribution in [1.29, 1.82) is 0 Å². The van der Waals surface area contributed by atoms with Crippen molar-refractivity contribution in [2.45, 2.75) is 74.0 Å². The Morgan fingerprint density at radius 1 is 1.18 bits per heavy atom. The minimum absolute atomic E-state index is 0. The number of sulfonamides is 1. The van der Waals surface area contributed by atoms with E-state index in [0.29, 0.717) is 61.8 Å². The number of rotatable bonds is 3. The molecule has 56 heavy (non-hydrogen) atoms. The minimum Gasteiger partial charge on any atom is -0.490 e. The van der Waals surface area contributed by atoms with Gasteiger partial charge in [-0.25, -0.2) is 13.1 Å². The largest absolute Gasteiger partial charge is 0.490 e. The molecule has 1 amide bonds. The maximum atomic E-state index is 13.3. The first-order valence-corrected chi connectivity index (χ1v) is 21.8.